The van der Waals surface area contributed by atoms with Crippen LogP contribution in [-0.4, -0.2) is 68.5 Å². The highest BCUT2D eigenvalue weighted by Crippen LogP contribution is 2.31. The van der Waals surface area contributed by atoms with Crippen molar-refractivity contribution in [3.63, 3.8) is 0 Å². The number of carbonyl (C=O) groups is 2. The van der Waals surface area contributed by atoms with Crippen molar-refractivity contribution in [3.8, 4) is 23.0 Å². The van der Waals surface area contributed by atoms with Crippen LogP contribution in [0.2, 0.25) is 0 Å². The van der Waals surface area contributed by atoms with Gasteiger partial charge in [-0.25, -0.2) is 9.59 Å². The fraction of sp³-hybridized carbons (Fsp3) is 0.0667. The summed E-state index contributed by atoms with van der Waals surface area (Å²) in [5.74, 6) is -4.98. The van der Waals surface area contributed by atoms with Gasteiger partial charge in [-0.15, -0.1) is 0 Å². The van der Waals surface area contributed by atoms with Crippen molar-refractivity contribution >= 4 is 55.7 Å². The molecule has 0 fully saturated rings. The Hall–Kier alpha value is -5.82. The van der Waals surface area contributed by atoms with Crippen molar-refractivity contribution in [2.24, 2.45) is 0 Å². The van der Waals surface area contributed by atoms with Crippen LogP contribution < -0.4 is 10.6 Å². The number of rotatable bonds is 12. The Balaban J connectivity index is 1.63. The van der Waals surface area contributed by atoms with Crippen LogP contribution >= 0.6 is 0 Å². The zero-order chi connectivity index (χ0) is 35.6. The van der Waals surface area contributed by atoms with Crippen molar-refractivity contribution < 1.29 is 66.2 Å². The van der Waals surface area contributed by atoms with E-state index in [9.17, 15) is 66.2 Å². The molecule has 0 unspecified atom stereocenters. The average Bonchev–Trinajstić information content (AvgIpc) is 2.97. The third-order valence-electron chi connectivity index (χ3n) is 6.85. The Morgan fingerprint density at radius 2 is 0.938 bits per heavy atom. The van der Waals surface area contributed by atoms with E-state index >= 15 is 0 Å². The third kappa shape index (κ3) is 8.12. The number of aromatic carboxylic acids is 2. The highest BCUT2D eigenvalue weighted by molar-refractivity contribution is 7.86. The van der Waals surface area contributed by atoms with Gasteiger partial charge >= 0.3 is 11.9 Å². The Bertz CT molecular complexity index is 2040. The maximum Gasteiger partial charge on any atom is 0.336 e. The molecule has 0 bridgehead atoms. The molecule has 10 N–H and O–H groups in total. The molecule has 0 amide bonds. The molecule has 0 saturated heterocycles. The maximum atomic E-state index is 12.2. The van der Waals surface area contributed by atoms with Crippen LogP contribution in [0.3, 0.4) is 0 Å². The minimum atomic E-state index is -4.90. The first-order chi connectivity index (χ1) is 22.3. The molecule has 0 heterocycles. The van der Waals surface area contributed by atoms with Gasteiger partial charge in [0.05, 0.1) is 11.1 Å². The first-order valence-electron chi connectivity index (χ1n) is 13.3. The molecule has 48 heavy (non-hydrogen) atoms. The molecular formula is C30H26N2O14S2. The lowest BCUT2D eigenvalue weighted by Crippen LogP contribution is -2.09. The van der Waals surface area contributed by atoms with Crippen LogP contribution in [0.5, 0.6) is 23.0 Å². The van der Waals surface area contributed by atoms with Crippen molar-refractivity contribution in [1.29, 1.82) is 0 Å². The van der Waals surface area contributed by atoms with Gasteiger partial charge < -0.3 is 41.3 Å². The fourth-order valence-corrected chi connectivity index (χ4v) is 6.03. The van der Waals surface area contributed by atoms with E-state index in [2.05, 4.69) is 10.6 Å². The molecule has 0 atom stereocenters. The van der Waals surface area contributed by atoms with E-state index in [1.54, 1.807) is 0 Å². The topological polar surface area (TPSA) is 288 Å². The number of carboxylic acid groups (broad SMARTS) is 2. The van der Waals surface area contributed by atoms with Crippen molar-refractivity contribution in [2.75, 3.05) is 10.6 Å². The number of nitrogens with one attached hydrogen (secondary N) is 2. The van der Waals surface area contributed by atoms with E-state index in [1.165, 1.54) is 24.3 Å². The van der Waals surface area contributed by atoms with Gasteiger partial charge in [0.15, 0.2) is 0 Å². The molecule has 0 aliphatic rings. The zero-order valence-electron chi connectivity index (χ0n) is 24.2. The number of hydrogen-bond donors (Lipinski definition) is 10. The van der Waals surface area contributed by atoms with E-state index in [0.717, 1.165) is 48.6 Å². The molecular weight excluding hydrogens is 676 g/mol. The van der Waals surface area contributed by atoms with Gasteiger partial charge in [-0.1, -0.05) is 24.3 Å². The molecule has 0 saturated carbocycles. The predicted octanol–water partition coefficient (Wildman–Crippen LogP) is 3.79. The van der Waals surface area contributed by atoms with Crippen LogP contribution in [0, 0.1) is 0 Å². The van der Waals surface area contributed by atoms with Crippen LogP contribution in [0.4, 0.5) is 11.4 Å². The Morgan fingerprint density at radius 3 is 1.25 bits per heavy atom. The van der Waals surface area contributed by atoms with Crippen LogP contribution in [0.1, 0.15) is 43.0 Å². The summed E-state index contributed by atoms with van der Waals surface area (Å²) in [5, 5.41) is 63.7. The molecule has 4 aromatic rings. The lowest BCUT2D eigenvalue weighted by Gasteiger charge is -2.14. The fourth-order valence-electron chi connectivity index (χ4n) is 4.61. The van der Waals surface area contributed by atoms with Gasteiger partial charge in [0.2, 0.25) is 0 Å². The summed E-state index contributed by atoms with van der Waals surface area (Å²) >= 11 is 0. The number of hydrogen-bond acceptors (Lipinski definition) is 12. The van der Waals surface area contributed by atoms with Gasteiger partial charge in [0.1, 0.15) is 32.8 Å². The lowest BCUT2D eigenvalue weighted by molar-refractivity contribution is 0.0684. The Morgan fingerprint density at radius 1 is 0.583 bits per heavy atom. The summed E-state index contributed by atoms with van der Waals surface area (Å²) in [6.07, 6.45) is 2.26. The standard InChI is InChI=1S/C30H26N2O14S2/c33-19-9-21(29(37)38)23(25(35)11-19)13-31-17-5-3-15(27(7-17)47(41,42)43)1-2-16-4-6-18(8-28(16)48(44,45)46)32-14-24-22(30(39)40)10-20(34)12-26(24)36/h1-12,31-36H,13-14H2,(H,37,38)(H,39,40)(H,41,42,43)(H,44,45,46)/b2-1+. The van der Waals surface area contributed by atoms with E-state index in [1.807, 2.05) is 0 Å². The number of phenolic OH excluding ortho intramolecular Hbond substituents is 4. The maximum absolute atomic E-state index is 12.2. The highest BCUT2D eigenvalue weighted by Gasteiger charge is 2.20. The summed E-state index contributed by atoms with van der Waals surface area (Å²) in [5.41, 5.74) is -1.25. The third-order valence-corrected chi connectivity index (χ3v) is 8.67. The Labute approximate surface area is 272 Å². The molecule has 4 rings (SSSR count). The molecule has 0 aromatic heterocycles. The largest absolute Gasteiger partial charge is 0.508 e. The summed E-state index contributed by atoms with van der Waals surface area (Å²) in [6, 6.07) is 10.8. The minimum absolute atomic E-state index is 0.0587. The SMILES string of the molecule is O=C(O)c1cc(O)cc(O)c1CNc1ccc(/C=C/c2ccc(NCc3c(O)cc(O)cc3C(=O)O)cc2S(=O)(=O)O)c(S(=O)(=O)O)c1. The Kier molecular flexibility index (Phi) is 9.85. The quantitative estimate of drug-likeness (QED) is 0.0742. The van der Waals surface area contributed by atoms with E-state index in [-0.39, 0.29) is 46.7 Å². The summed E-state index contributed by atoms with van der Waals surface area (Å²) in [6.45, 7) is -0.675. The monoisotopic (exact) mass is 702 g/mol. The number of carboxylic acids is 2. The van der Waals surface area contributed by atoms with Gasteiger partial charge in [-0.2, -0.15) is 16.8 Å². The number of aromatic hydroxyl groups is 4. The average molecular weight is 703 g/mol. The van der Waals surface area contributed by atoms with E-state index in [0.29, 0.717) is 0 Å². The normalized spacial score (nSPS) is 11.8. The van der Waals surface area contributed by atoms with Gasteiger partial charge in [0.25, 0.3) is 20.2 Å². The molecule has 0 radical (unpaired) electrons. The predicted molar refractivity (Wildman–Crippen MR) is 170 cm³/mol. The minimum Gasteiger partial charge on any atom is -0.508 e. The van der Waals surface area contributed by atoms with Crippen molar-refractivity contribution in [2.45, 2.75) is 22.9 Å². The molecule has 0 aliphatic heterocycles. The van der Waals surface area contributed by atoms with Crippen LogP contribution in [-0.2, 0) is 33.3 Å². The van der Waals surface area contributed by atoms with Crippen LogP contribution in [0.25, 0.3) is 12.2 Å². The van der Waals surface area contributed by atoms with E-state index < -0.39 is 76.1 Å². The van der Waals surface area contributed by atoms with Crippen molar-refractivity contribution in [1.82, 2.24) is 0 Å². The van der Waals surface area contributed by atoms with Crippen molar-refractivity contribution in [3.05, 3.63) is 94.0 Å². The first kappa shape index (κ1) is 35.0. The van der Waals surface area contributed by atoms with E-state index in [4.69, 9.17) is 0 Å². The van der Waals surface area contributed by atoms with Crippen LogP contribution in [0.15, 0.2) is 70.5 Å². The number of anilines is 2. The second-order valence-corrected chi connectivity index (χ2v) is 12.9. The summed E-state index contributed by atoms with van der Waals surface area (Å²) in [4.78, 5) is 21.8. The molecule has 18 heteroatoms. The smallest absolute Gasteiger partial charge is 0.336 e. The molecule has 252 valence electrons. The summed E-state index contributed by atoms with van der Waals surface area (Å²) in [7, 11) is -9.79. The number of benzene rings is 4. The molecule has 4 aromatic carbocycles. The molecule has 16 nitrogen and oxygen atoms in total. The second-order valence-electron chi connectivity index (χ2n) is 10.1. The molecule has 0 spiro atoms. The number of phenols is 4. The zero-order valence-corrected chi connectivity index (χ0v) is 25.8. The van der Waals surface area contributed by atoms with Gasteiger partial charge in [0, 0.05) is 47.7 Å². The van der Waals surface area contributed by atoms with Gasteiger partial charge in [-0.3, -0.25) is 9.11 Å². The lowest BCUT2D eigenvalue weighted by atomic mass is 10.1. The molecule has 0 aliphatic carbocycles. The second kappa shape index (κ2) is 13.5. The van der Waals surface area contributed by atoms with Gasteiger partial charge in [-0.05, 0) is 47.5 Å². The summed E-state index contributed by atoms with van der Waals surface area (Å²) < 4.78 is 68.7. The first-order valence-corrected chi connectivity index (χ1v) is 16.2. The highest BCUT2D eigenvalue weighted by atomic mass is 32.2.